The van der Waals surface area contributed by atoms with Gasteiger partial charge in [-0.3, -0.25) is 4.98 Å². The van der Waals surface area contributed by atoms with Crippen molar-refractivity contribution < 1.29 is 9.15 Å². The number of nitrogens with zero attached hydrogens (tertiary/aromatic N) is 3. The Hall–Kier alpha value is -2.60. The second kappa shape index (κ2) is 5.80. The molecule has 2 aromatic heterocycles. The van der Waals surface area contributed by atoms with Crippen LogP contribution >= 0.6 is 11.6 Å². The molecule has 0 atom stereocenters. The Kier molecular flexibility index (Phi) is 3.70. The maximum absolute atomic E-state index is 6.06. The summed E-state index contributed by atoms with van der Waals surface area (Å²) in [4.78, 5) is 4.14. The Morgan fingerprint density at radius 3 is 2.81 bits per heavy atom. The monoisotopic (exact) mass is 302 g/mol. The van der Waals surface area contributed by atoms with Crippen LogP contribution in [0.25, 0.3) is 11.6 Å². The van der Waals surface area contributed by atoms with E-state index in [1.165, 1.54) is 0 Å². The average molecular weight is 303 g/mol. The Labute approximate surface area is 125 Å². The highest BCUT2D eigenvalue weighted by molar-refractivity contribution is 6.32. The molecule has 0 amide bonds. The maximum Gasteiger partial charge on any atom is 0.320 e. The highest BCUT2D eigenvalue weighted by atomic mass is 35.5. The number of anilines is 2. The van der Waals surface area contributed by atoms with Crippen molar-refractivity contribution in [1.29, 1.82) is 0 Å². The van der Waals surface area contributed by atoms with Gasteiger partial charge in [0.1, 0.15) is 11.4 Å². The smallest absolute Gasteiger partial charge is 0.320 e. The SMILES string of the molecule is COc1ccc(Nc2nnc(-c3ccccn3)o2)cc1Cl. The van der Waals surface area contributed by atoms with Gasteiger partial charge in [0.25, 0.3) is 5.89 Å². The molecule has 0 radical (unpaired) electrons. The molecule has 21 heavy (non-hydrogen) atoms. The van der Waals surface area contributed by atoms with Crippen molar-refractivity contribution >= 4 is 23.3 Å². The fourth-order valence-electron chi connectivity index (χ4n) is 1.73. The fourth-order valence-corrected chi connectivity index (χ4v) is 1.99. The number of hydrogen-bond donors (Lipinski definition) is 1. The third-order valence-electron chi connectivity index (χ3n) is 2.71. The number of benzene rings is 1. The molecule has 0 aliphatic carbocycles. The topological polar surface area (TPSA) is 73.1 Å². The highest BCUT2D eigenvalue weighted by Gasteiger charge is 2.10. The molecule has 2 heterocycles. The van der Waals surface area contributed by atoms with Crippen molar-refractivity contribution in [2.45, 2.75) is 0 Å². The van der Waals surface area contributed by atoms with Crippen molar-refractivity contribution in [1.82, 2.24) is 15.2 Å². The molecule has 6 nitrogen and oxygen atoms in total. The van der Waals surface area contributed by atoms with E-state index in [1.807, 2.05) is 12.1 Å². The zero-order chi connectivity index (χ0) is 14.7. The van der Waals surface area contributed by atoms with Crippen LogP contribution in [0.15, 0.2) is 47.0 Å². The summed E-state index contributed by atoms with van der Waals surface area (Å²) in [7, 11) is 1.56. The molecule has 7 heteroatoms. The minimum atomic E-state index is 0.261. The summed E-state index contributed by atoms with van der Waals surface area (Å²) >= 11 is 6.06. The number of aromatic nitrogens is 3. The van der Waals surface area contributed by atoms with Crippen LogP contribution in [0.1, 0.15) is 0 Å². The summed E-state index contributed by atoms with van der Waals surface area (Å²) < 4.78 is 10.6. The zero-order valence-electron chi connectivity index (χ0n) is 11.1. The average Bonchev–Trinajstić information content (AvgIpc) is 2.97. The molecule has 0 saturated heterocycles. The second-order valence-electron chi connectivity index (χ2n) is 4.10. The maximum atomic E-state index is 6.06. The van der Waals surface area contributed by atoms with Crippen LogP contribution in [0.2, 0.25) is 5.02 Å². The van der Waals surface area contributed by atoms with E-state index in [4.69, 9.17) is 20.8 Å². The first-order valence-electron chi connectivity index (χ1n) is 6.12. The minimum Gasteiger partial charge on any atom is -0.495 e. The molecule has 0 bridgehead atoms. The summed E-state index contributed by atoms with van der Waals surface area (Å²) in [5.74, 6) is 0.944. The number of ether oxygens (including phenoxy) is 1. The lowest BCUT2D eigenvalue weighted by Crippen LogP contribution is -1.91. The Morgan fingerprint density at radius 1 is 1.19 bits per heavy atom. The van der Waals surface area contributed by atoms with Gasteiger partial charge < -0.3 is 14.5 Å². The van der Waals surface area contributed by atoms with Gasteiger partial charge in [0.15, 0.2) is 0 Å². The van der Waals surface area contributed by atoms with Crippen molar-refractivity contribution in [2.24, 2.45) is 0 Å². The molecule has 3 aromatic rings. The van der Waals surface area contributed by atoms with Crippen LogP contribution in [0, 0.1) is 0 Å². The number of pyridine rings is 1. The van der Waals surface area contributed by atoms with Gasteiger partial charge in [0.05, 0.1) is 12.1 Å². The van der Waals surface area contributed by atoms with E-state index < -0.39 is 0 Å². The number of hydrogen-bond acceptors (Lipinski definition) is 6. The van der Waals surface area contributed by atoms with Gasteiger partial charge in [-0.15, -0.1) is 5.10 Å². The van der Waals surface area contributed by atoms with Gasteiger partial charge >= 0.3 is 6.01 Å². The first-order valence-corrected chi connectivity index (χ1v) is 6.49. The zero-order valence-corrected chi connectivity index (χ0v) is 11.8. The number of rotatable bonds is 4. The predicted molar refractivity (Wildman–Crippen MR) is 78.8 cm³/mol. The summed E-state index contributed by atoms with van der Waals surface area (Å²) in [6, 6.07) is 11.0. The largest absolute Gasteiger partial charge is 0.495 e. The van der Waals surface area contributed by atoms with Gasteiger partial charge in [-0.05, 0) is 30.3 Å². The van der Waals surface area contributed by atoms with Gasteiger partial charge in [0, 0.05) is 11.9 Å². The van der Waals surface area contributed by atoms with Crippen molar-refractivity contribution in [3.8, 4) is 17.3 Å². The normalized spacial score (nSPS) is 10.4. The molecule has 0 fully saturated rings. The molecule has 1 N–H and O–H groups in total. The van der Waals surface area contributed by atoms with E-state index >= 15 is 0 Å². The molecule has 0 unspecified atom stereocenters. The third kappa shape index (κ3) is 2.95. The van der Waals surface area contributed by atoms with Gasteiger partial charge in [-0.1, -0.05) is 22.8 Å². The molecular weight excluding hydrogens is 292 g/mol. The van der Waals surface area contributed by atoms with Crippen LogP contribution < -0.4 is 10.1 Å². The molecule has 106 valence electrons. The minimum absolute atomic E-state index is 0.261. The molecule has 0 spiro atoms. The molecule has 1 aromatic carbocycles. The van der Waals surface area contributed by atoms with Gasteiger partial charge in [-0.25, -0.2) is 0 Å². The van der Waals surface area contributed by atoms with Gasteiger partial charge in [-0.2, -0.15) is 0 Å². The van der Waals surface area contributed by atoms with Crippen LogP contribution in [-0.2, 0) is 0 Å². The van der Waals surface area contributed by atoms with Crippen molar-refractivity contribution in [3.05, 3.63) is 47.6 Å². The molecule has 0 saturated carbocycles. The standard InChI is InChI=1S/C14H11ClN4O2/c1-20-12-6-5-9(8-10(12)15)17-14-19-18-13(21-14)11-4-2-3-7-16-11/h2-8H,1H3,(H,17,19). The Balaban J connectivity index is 1.80. The number of nitrogens with one attached hydrogen (secondary N) is 1. The van der Waals surface area contributed by atoms with E-state index in [0.29, 0.717) is 22.4 Å². The number of methoxy groups -OCH3 is 1. The summed E-state index contributed by atoms with van der Waals surface area (Å²) in [5, 5.41) is 11.3. The van der Waals surface area contributed by atoms with E-state index in [9.17, 15) is 0 Å². The van der Waals surface area contributed by atoms with Crippen molar-refractivity contribution in [3.63, 3.8) is 0 Å². The van der Waals surface area contributed by atoms with E-state index in [2.05, 4.69) is 20.5 Å². The first-order chi connectivity index (χ1) is 10.3. The first kappa shape index (κ1) is 13.4. The third-order valence-corrected chi connectivity index (χ3v) is 3.01. The molecular formula is C14H11ClN4O2. The van der Waals surface area contributed by atoms with Gasteiger partial charge in [0.2, 0.25) is 0 Å². The Morgan fingerprint density at radius 2 is 2.10 bits per heavy atom. The van der Waals surface area contributed by atoms with E-state index in [0.717, 1.165) is 5.69 Å². The van der Waals surface area contributed by atoms with E-state index in [1.54, 1.807) is 37.6 Å². The lowest BCUT2D eigenvalue weighted by molar-refractivity contribution is 0.415. The quantitative estimate of drug-likeness (QED) is 0.794. The van der Waals surface area contributed by atoms with E-state index in [-0.39, 0.29) is 6.01 Å². The summed E-state index contributed by atoms with van der Waals surface area (Å²) in [6.45, 7) is 0. The van der Waals surface area contributed by atoms with Crippen LogP contribution in [0.4, 0.5) is 11.7 Å². The summed E-state index contributed by atoms with van der Waals surface area (Å²) in [5.41, 5.74) is 1.34. The fraction of sp³-hybridized carbons (Fsp3) is 0.0714. The highest BCUT2D eigenvalue weighted by Crippen LogP contribution is 2.29. The van der Waals surface area contributed by atoms with Crippen molar-refractivity contribution in [2.75, 3.05) is 12.4 Å². The molecule has 0 aliphatic rings. The van der Waals surface area contributed by atoms with Crippen LogP contribution in [0.5, 0.6) is 5.75 Å². The Bertz CT molecular complexity index is 746. The lowest BCUT2D eigenvalue weighted by atomic mass is 10.3. The predicted octanol–water partition coefficient (Wildman–Crippen LogP) is 3.54. The second-order valence-corrected chi connectivity index (χ2v) is 4.51. The summed E-state index contributed by atoms with van der Waals surface area (Å²) in [6.07, 6.45) is 1.66. The van der Waals surface area contributed by atoms with Crippen LogP contribution in [0.3, 0.4) is 0 Å². The van der Waals surface area contributed by atoms with Crippen LogP contribution in [-0.4, -0.2) is 22.3 Å². The lowest BCUT2D eigenvalue weighted by Gasteiger charge is -2.05. The number of halogens is 1. The molecule has 3 rings (SSSR count). The molecule has 0 aliphatic heterocycles.